The highest BCUT2D eigenvalue weighted by molar-refractivity contribution is 6.30. The lowest BCUT2D eigenvalue weighted by Gasteiger charge is -2.33. The quantitative estimate of drug-likeness (QED) is 0.771. The highest BCUT2D eigenvalue weighted by Crippen LogP contribution is 2.36. The van der Waals surface area contributed by atoms with E-state index in [1.54, 1.807) is 12.1 Å². The van der Waals surface area contributed by atoms with Gasteiger partial charge >= 0.3 is 6.03 Å². The fourth-order valence-electron chi connectivity index (χ4n) is 3.56. The zero-order valence-corrected chi connectivity index (χ0v) is 16.1. The molecule has 3 amide bonds. The van der Waals surface area contributed by atoms with E-state index in [2.05, 4.69) is 12.2 Å². The molecule has 0 radical (unpaired) electrons. The minimum absolute atomic E-state index is 0.0835. The number of carbonyl (C=O) groups is 2. The van der Waals surface area contributed by atoms with E-state index in [0.29, 0.717) is 24.1 Å². The third kappa shape index (κ3) is 4.13. The van der Waals surface area contributed by atoms with Gasteiger partial charge in [0.15, 0.2) is 0 Å². The second-order valence-electron chi connectivity index (χ2n) is 7.45. The Morgan fingerprint density at radius 1 is 1.27 bits per heavy atom. The molecule has 0 aromatic heterocycles. The Kier molecular flexibility index (Phi) is 5.73. The number of nitrogens with one attached hydrogen (secondary N) is 1. The second-order valence-corrected chi connectivity index (χ2v) is 7.89. The number of rotatable bonds is 6. The number of ether oxygens (including phenoxy) is 1. The van der Waals surface area contributed by atoms with Crippen LogP contribution in [0, 0.1) is 5.92 Å². The topological polar surface area (TPSA) is 61.9 Å². The van der Waals surface area contributed by atoms with Crippen molar-refractivity contribution in [1.29, 1.82) is 0 Å². The van der Waals surface area contributed by atoms with Crippen LogP contribution >= 0.6 is 11.6 Å². The molecule has 6 nitrogen and oxygen atoms in total. The Balaban J connectivity index is 1.49. The lowest BCUT2D eigenvalue weighted by molar-refractivity contribution is -0.134. The van der Waals surface area contributed by atoms with E-state index in [4.69, 9.17) is 16.3 Å². The SMILES string of the molecule is CC1CCC2(CC1)NC(=O)N(CN(C)CCOc1ccc(Cl)cc1)C2=O. The summed E-state index contributed by atoms with van der Waals surface area (Å²) in [7, 11) is 1.87. The number of carbonyl (C=O) groups excluding carboxylic acids is 2. The molecule has 1 spiro atoms. The third-order valence-electron chi connectivity index (χ3n) is 5.31. The first-order valence-electron chi connectivity index (χ1n) is 9.11. The maximum Gasteiger partial charge on any atom is 0.326 e. The molecule has 0 bridgehead atoms. The fourth-order valence-corrected chi connectivity index (χ4v) is 3.69. The Morgan fingerprint density at radius 2 is 1.92 bits per heavy atom. The fraction of sp³-hybridized carbons (Fsp3) is 0.579. The van der Waals surface area contributed by atoms with Gasteiger partial charge in [0.25, 0.3) is 5.91 Å². The summed E-state index contributed by atoms with van der Waals surface area (Å²) in [5.41, 5.74) is -0.676. The molecule has 1 aliphatic carbocycles. The van der Waals surface area contributed by atoms with Gasteiger partial charge in [0.2, 0.25) is 0 Å². The van der Waals surface area contributed by atoms with Gasteiger partial charge in [-0.3, -0.25) is 9.69 Å². The van der Waals surface area contributed by atoms with Gasteiger partial charge in [0.05, 0.1) is 6.67 Å². The van der Waals surface area contributed by atoms with Crippen LogP contribution in [0.25, 0.3) is 0 Å². The van der Waals surface area contributed by atoms with Gasteiger partial charge in [-0.05, 0) is 62.9 Å². The first kappa shape index (κ1) is 19.0. The molecule has 2 aliphatic rings. The summed E-state index contributed by atoms with van der Waals surface area (Å²) >= 11 is 5.85. The number of benzene rings is 1. The summed E-state index contributed by atoms with van der Waals surface area (Å²) in [6, 6.07) is 6.90. The van der Waals surface area contributed by atoms with Crippen molar-refractivity contribution < 1.29 is 14.3 Å². The van der Waals surface area contributed by atoms with Crippen molar-refractivity contribution in [3.05, 3.63) is 29.3 Å². The minimum atomic E-state index is -0.676. The average Bonchev–Trinajstić information content (AvgIpc) is 2.84. The number of likely N-dealkylation sites (N-methyl/N-ethyl adjacent to an activating group) is 1. The molecule has 0 unspecified atom stereocenters. The van der Waals surface area contributed by atoms with Crippen LogP contribution in [0.4, 0.5) is 4.79 Å². The summed E-state index contributed by atoms with van der Waals surface area (Å²) in [6.07, 6.45) is 3.42. The molecule has 142 valence electrons. The minimum Gasteiger partial charge on any atom is -0.492 e. The normalized spacial score (nSPS) is 25.8. The molecule has 2 fully saturated rings. The van der Waals surface area contributed by atoms with Gasteiger partial charge in [-0.1, -0.05) is 18.5 Å². The maximum atomic E-state index is 12.8. The maximum absolute atomic E-state index is 12.8. The van der Waals surface area contributed by atoms with Crippen LogP contribution < -0.4 is 10.1 Å². The number of nitrogens with zero attached hydrogens (tertiary/aromatic N) is 2. The molecule has 1 aromatic carbocycles. The van der Waals surface area contributed by atoms with Crippen molar-refractivity contribution in [1.82, 2.24) is 15.1 Å². The highest BCUT2D eigenvalue weighted by Gasteiger charge is 2.52. The highest BCUT2D eigenvalue weighted by atomic mass is 35.5. The number of imide groups is 1. The van der Waals surface area contributed by atoms with E-state index in [-0.39, 0.29) is 18.6 Å². The summed E-state index contributed by atoms with van der Waals surface area (Å²) < 4.78 is 5.67. The van der Waals surface area contributed by atoms with Crippen molar-refractivity contribution in [2.75, 3.05) is 26.9 Å². The van der Waals surface area contributed by atoms with Gasteiger partial charge in [-0.25, -0.2) is 9.69 Å². The molecule has 1 aliphatic heterocycles. The van der Waals surface area contributed by atoms with E-state index >= 15 is 0 Å². The molecule has 1 saturated carbocycles. The van der Waals surface area contributed by atoms with Gasteiger partial charge in [-0.2, -0.15) is 0 Å². The number of hydrogen-bond donors (Lipinski definition) is 1. The standard InChI is InChI=1S/C19H26ClN3O3/c1-14-7-9-19(10-8-14)17(24)23(18(25)21-19)13-22(2)11-12-26-16-5-3-15(20)4-6-16/h3-6,14H,7-13H2,1-2H3,(H,21,25). The summed E-state index contributed by atoms with van der Waals surface area (Å²) in [5.74, 6) is 1.28. The monoisotopic (exact) mass is 379 g/mol. The van der Waals surface area contributed by atoms with Crippen molar-refractivity contribution in [3.8, 4) is 5.75 Å². The summed E-state index contributed by atoms with van der Waals surface area (Å²) in [5, 5.41) is 3.62. The van der Waals surface area contributed by atoms with Gasteiger partial charge in [-0.15, -0.1) is 0 Å². The van der Waals surface area contributed by atoms with Gasteiger partial charge in [0, 0.05) is 11.6 Å². The van der Waals surface area contributed by atoms with Crippen LogP contribution in [-0.4, -0.2) is 54.1 Å². The van der Waals surface area contributed by atoms with Gasteiger partial charge in [0.1, 0.15) is 17.9 Å². The summed E-state index contributed by atoms with van der Waals surface area (Å²) in [6.45, 7) is 3.53. The smallest absolute Gasteiger partial charge is 0.326 e. The van der Waals surface area contributed by atoms with E-state index in [1.807, 2.05) is 24.1 Å². The van der Waals surface area contributed by atoms with Crippen molar-refractivity contribution in [3.63, 3.8) is 0 Å². The molecule has 26 heavy (non-hydrogen) atoms. The predicted molar refractivity (Wildman–Crippen MR) is 100 cm³/mol. The Labute approximate surface area is 159 Å². The molecular weight excluding hydrogens is 354 g/mol. The van der Waals surface area contributed by atoms with Gasteiger partial charge < -0.3 is 10.1 Å². The van der Waals surface area contributed by atoms with Crippen LogP contribution in [0.1, 0.15) is 32.6 Å². The molecule has 7 heteroatoms. The Hall–Kier alpha value is -1.79. The van der Waals surface area contributed by atoms with E-state index in [9.17, 15) is 9.59 Å². The van der Waals surface area contributed by atoms with Crippen molar-refractivity contribution in [2.24, 2.45) is 5.92 Å². The number of urea groups is 1. The third-order valence-corrected chi connectivity index (χ3v) is 5.56. The van der Waals surface area contributed by atoms with Crippen molar-refractivity contribution >= 4 is 23.5 Å². The first-order valence-corrected chi connectivity index (χ1v) is 9.48. The molecule has 1 saturated heterocycles. The Morgan fingerprint density at radius 3 is 2.58 bits per heavy atom. The van der Waals surface area contributed by atoms with E-state index in [0.717, 1.165) is 31.4 Å². The molecule has 0 atom stereocenters. The molecule has 1 N–H and O–H groups in total. The van der Waals surface area contributed by atoms with Crippen LogP contribution in [0.2, 0.25) is 5.02 Å². The summed E-state index contributed by atoms with van der Waals surface area (Å²) in [4.78, 5) is 28.4. The second kappa shape index (κ2) is 7.84. The lowest BCUT2D eigenvalue weighted by Crippen LogP contribution is -2.50. The predicted octanol–water partition coefficient (Wildman–Crippen LogP) is 3.11. The average molecular weight is 380 g/mol. The molecule has 1 heterocycles. The lowest BCUT2D eigenvalue weighted by atomic mass is 9.77. The molecular formula is C19H26ClN3O3. The van der Waals surface area contributed by atoms with Crippen LogP contribution in [0.3, 0.4) is 0 Å². The zero-order chi connectivity index (χ0) is 18.7. The molecule has 1 aromatic rings. The number of hydrogen-bond acceptors (Lipinski definition) is 4. The van der Waals surface area contributed by atoms with Crippen LogP contribution in [0.15, 0.2) is 24.3 Å². The van der Waals surface area contributed by atoms with E-state index in [1.165, 1.54) is 4.90 Å². The Bertz CT molecular complexity index is 656. The largest absolute Gasteiger partial charge is 0.492 e. The van der Waals surface area contributed by atoms with E-state index < -0.39 is 5.54 Å². The first-order chi connectivity index (χ1) is 12.4. The zero-order valence-electron chi connectivity index (χ0n) is 15.3. The van der Waals surface area contributed by atoms with Crippen LogP contribution in [-0.2, 0) is 4.79 Å². The van der Waals surface area contributed by atoms with Crippen LogP contribution in [0.5, 0.6) is 5.75 Å². The number of halogens is 1. The number of amides is 3. The molecule has 3 rings (SSSR count). The van der Waals surface area contributed by atoms with Crippen molar-refractivity contribution in [2.45, 2.75) is 38.1 Å².